The maximum atomic E-state index is 13.1. The van der Waals surface area contributed by atoms with E-state index in [1.165, 1.54) is 12.0 Å². The molecule has 2 unspecified atom stereocenters. The van der Waals surface area contributed by atoms with Gasteiger partial charge in [-0.25, -0.2) is 0 Å². The monoisotopic (exact) mass is 457 g/mol. The average molecular weight is 458 g/mol. The lowest BCUT2D eigenvalue weighted by Crippen LogP contribution is -2.36. The lowest BCUT2D eigenvalue weighted by molar-refractivity contribution is -0.140. The molecule has 7 nitrogen and oxygen atoms in total. The number of ether oxygens (including phenoxy) is 3. The molecule has 0 aromatic heterocycles. The van der Waals surface area contributed by atoms with Crippen LogP contribution in [0.5, 0.6) is 11.5 Å². The number of aliphatic hydroxyl groups is 1. The van der Waals surface area contributed by atoms with Crippen molar-refractivity contribution in [2.24, 2.45) is 0 Å². The summed E-state index contributed by atoms with van der Waals surface area (Å²) < 4.78 is 16.6. The molecule has 2 fully saturated rings. The predicted molar refractivity (Wildman–Crippen MR) is 119 cm³/mol. The van der Waals surface area contributed by atoms with Gasteiger partial charge in [-0.15, -0.1) is 0 Å². The molecule has 0 spiro atoms. The van der Waals surface area contributed by atoms with Crippen molar-refractivity contribution in [2.75, 3.05) is 27.4 Å². The first-order valence-corrected chi connectivity index (χ1v) is 10.7. The molecule has 2 aliphatic rings. The molecular weight excluding hydrogens is 434 g/mol. The minimum absolute atomic E-state index is 0.00112. The number of aliphatic hydroxyl groups excluding tert-OH is 1. The van der Waals surface area contributed by atoms with Gasteiger partial charge in [0, 0.05) is 35.4 Å². The normalized spacial score (nSPS) is 22.4. The Labute approximate surface area is 191 Å². The molecule has 0 bridgehead atoms. The number of nitrogens with zero attached hydrogens (tertiary/aromatic N) is 1. The van der Waals surface area contributed by atoms with Gasteiger partial charge in [0.25, 0.3) is 11.7 Å². The van der Waals surface area contributed by atoms with Gasteiger partial charge >= 0.3 is 0 Å². The van der Waals surface area contributed by atoms with E-state index >= 15 is 0 Å². The predicted octanol–water partition coefficient (Wildman–Crippen LogP) is 3.96. The fourth-order valence-corrected chi connectivity index (χ4v) is 4.33. The molecule has 2 aromatic carbocycles. The van der Waals surface area contributed by atoms with Crippen molar-refractivity contribution in [1.29, 1.82) is 0 Å². The highest BCUT2D eigenvalue weighted by Crippen LogP contribution is 2.44. The summed E-state index contributed by atoms with van der Waals surface area (Å²) in [6.45, 7) is 0.859. The van der Waals surface area contributed by atoms with Gasteiger partial charge in [-0.2, -0.15) is 0 Å². The fraction of sp³-hybridized carbons (Fsp3) is 0.333. The van der Waals surface area contributed by atoms with Crippen LogP contribution in [-0.2, 0) is 14.3 Å². The highest BCUT2D eigenvalue weighted by Gasteiger charge is 2.48. The number of Topliss-reactive ketones (excluding diaryl/α,β-unsaturated/α-hetero) is 1. The molecule has 8 heteroatoms. The number of rotatable bonds is 6. The third kappa shape index (κ3) is 4.06. The van der Waals surface area contributed by atoms with Crippen molar-refractivity contribution in [2.45, 2.75) is 25.0 Å². The number of methoxy groups -OCH3 is 2. The van der Waals surface area contributed by atoms with Gasteiger partial charge in [0.1, 0.15) is 17.3 Å². The SMILES string of the molecule is COc1ccc(C2C(=C(O)c3ccc(Cl)cc3)C(=O)C(=O)N2CC2CCCO2)c(OC)c1. The number of carbonyl (C=O) groups excluding carboxylic acids is 2. The van der Waals surface area contributed by atoms with Gasteiger partial charge in [0.2, 0.25) is 0 Å². The number of hydrogen-bond donors (Lipinski definition) is 1. The van der Waals surface area contributed by atoms with E-state index in [4.69, 9.17) is 25.8 Å². The summed E-state index contributed by atoms with van der Waals surface area (Å²) in [6, 6.07) is 10.8. The van der Waals surface area contributed by atoms with Crippen LogP contribution < -0.4 is 9.47 Å². The van der Waals surface area contributed by atoms with Gasteiger partial charge in [0.15, 0.2) is 0 Å². The van der Waals surface area contributed by atoms with Gasteiger partial charge < -0.3 is 24.2 Å². The van der Waals surface area contributed by atoms with Crippen LogP contribution in [0.15, 0.2) is 48.0 Å². The Morgan fingerprint density at radius 3 is 2.53 bits per heavy atom. The molecule has 168 valence electrons. The van der Waals surface area contributed by atoms with Crippen LogP contribution in [0.4, 0.5) is 0 Å². The Hall–Kier alpha value is -3.03. The second-order valence-electron chi connectivity index (χ2n) is 7.70. The second kappa shape index (κ2) is 9.22. The van der Waals surface area contributed by atoms with Gasteiger partial charge in [-0.3, -0.25) is 9.59 Å². The third-order valence-corrected chi connectivity index (χ3v) is 6.07. The Bertz CT molecular complexity index is 1060. The van der Waals surface area contributed by atoms with E-state index in [1.54, 1.807) is 49.6 Å². The van der Waals surface area contributed by atoms with E-state index in [1.807, 2.05) is 0 Å². The van der Waals surface area contributed by atoms with E-state index in [0.29, 0.717) is 34.3 Å². The van der Waals surface area contributed by atoms with Crippen LogP contribution in [0.1, 0.15) is 30.0 Å². The molecule has 4 rings (SSSR count). The van der Waals surface area contributed by atoms with E-state index in [-0.39, 0.29) is 24.0 Å². The lowest BCUT2D eigenvalue weighted by Gasteiger charge is -2.28. The molecule has 32 heavy (non-hydrogen) atoms. The van der Waals surface area contributed by atoms with Crippen LogP contribution in [0, 0.1) is 0 Å². The minimum Gasteiger partial charge on any atom is -0.507 e. The van der Waals surface area contributed by atoms with E-state index < -0.39 is 17.7 Å². The highest BCUT2D eigenvalue weighted by molar-refractivity contribution is 6.46. The Balaban J connectivity index is 1.87. The number of likely N-dealkylation sites (tertiary alicyclic amines) is 1. The largest absolute Gasteiger partial charge is 0.507 e. The van der Waals surface area contributed by atoms with Crippen molar-refractivity contribution in [1.82, 2.24) is 4.90 Å². The number of amides is 1. The number of ketones is 1. The quantitative estimate of drug-likeness (QED) is 0.401. The molecule has 2 heterocycles. The summed E-state index contributed by atoms with van der Waals surface area (Å²) in [7, 11) is 3.04. The summed E-state index contributed by atoms with van der Waals surface area (Å²) >= 11 is 5.97. The molecule has 1 N–H and O–H groups in total. The highest BCUT2D eigenvalue weighted by atomic mass is 35.5. The summed E-state index contributed by atoms with van der Waals surface area (Å²) in [4.78, 5) is 27.7. The molecule has 0 saturated carbocycles. The molecular formula is C24H24ClNO6. The Morgan fingerprint density at radius 1 is 1.16 bits per heavy atom. The van der Waals surface area contributed by atoms with Gasteiger partial charge in [0.05, 0.1) is 31.9 Å². The van der Waals surface area contributed by atoms with Crippen molar-refractivity contribution in [3.8, 4) is 11.5 Å². The van der Waals surface area contributed by atoms with Crippen LogP contribution in [0.3, 0.4) is 0 Å². The Morgan fingerprint density at radius 2 is 1.91 bits per heavy atom. The van der Waals surface area contributed by atoms with Crippen LogP contribution in [0.2, 0.25) is 5.02 Å². The molecule has 2 aromatic rings. The number of benzene rings is 2. The summed E-state index contributed by atoms with van der Waals surface area (Å²) in [5.41, 5.74) is 0.960. The molecule has 0 aliphatic carbocycles. The van der Waals surface area contributed by atoms with Crippen molar-refractivity contribution in [3.05, 3.63) is 64.2 Å². The summed E-state index contributed by atoms with van der Waals surface area (Å²) in [5.74, 6) is -0.690. The molecule has 2 atom stereocenters. The van der Waals surface area contributed by atoms with Crippen molar-refractivity contribution >= 4 is 29.1 Å². The fourth-order valence-electron chi connectivity index (χ4n) is 4.21. The lowest BCUT2D eigenvalue weighted by atomic mass is 9.94. The number of hydrogen-bond acceptors (Lipinski definition) is 6. The zero-order valence-corrected chi connectivity index (χ0v) is 18.6. The zero-order valence-electron chi connectivity index (χ0n) is 17.8. The smallest absolute Gasteiger partial charge is 0.295 e. The molecule has 0 radical (unpaired) electrons. The zero-order chi connectivity index (χ0) is 22.8. The van der Waals surface area contributed by atoms with E-state index in [9.17, 15) is 14.7 Å². The summed E-state index contributed by atoms with van der Waals surface area (Å²) in [5, 5.41) is 11.6. The first-order chi connectivity index (χ1) is 15.4. The topological polar surface area (TPSA) is 85.3 Å². The van der Waals surface area contributed by atoms with Gasteiger partial charge in [-0.1, -0.05) is 11.6 Å². The standard InChI is InChI=1S/C24H24ClNO6/c1-30-16-9-10-18(19(12-16)31-2)21-20(22(27)14-5-7-15(25)8-6-14)23(28)24(29)26(21)13-17-4-3-11-32-17/h5-10,12,17,21,27H,3-4,11,13H2,1-2H3. The number of carbonyl (C=O) groups is 2. The van der Waals surface area contributed by atoms with Gasteiger partial charge in [-0.05, 0) is 49.2 Å². The molecule has 2 aliphatic heterocycles. The van der Waals surface area contributed by atoms with E-state index in [2.05, 4.69) is 0 Å². The van der Waals surface area contributed by atoms with Crippen LogP contribution >= 0.6 is 11.6 Å². The summed E-state index contributed by atoms with van der Waals surface area (Å²) in [6.07, 6.45) is 1.53. The number of halogens is 1. The van der Waals surface area contributed by atoms with Crippen molar-refractivity contribution in [3.63, 3.8) is 0 Å². The second-order valence-corrected chi connectivity index (χ2v) is 8.14. The maximum absolute atomic E-state index is 13.1. The maximum Gasteiger partial charge on any atom is 0.295 e. The molecule has 1 amide bonds. The first-order valence-electron chi connectivity index (χ1n) is 10.3. The van der Waals surface area contributed by atoms with Crippen LogP contribution in [0.25, 0.3) is 5.76 Å². The van der Waals surface area contributed by atoms with E-state index in [0.717, 1.165) is 12.8 Å². The third-order valence-electron chi connectivity index (χ3n) is 5.82. The first kappa shape index (κ1) is 22.2. The minimum atomic E-state index is -0.837. The molecule has 2 saturated heterocycles. The van der Waals surface area contributed by atoms with Crippen molar-refractivity contribution < 1.29 is 28.9 Å². The Kier molecular flexibility index (Phi) is 6.39. The van der Waals surface area contributed by atoms with Crippen LogP contribution in [-0.4, -0.2) is 55.2 Å². The average Bonchev–Trinajstić information content (AvgIpc) is 3.41.